The van der Waals surface area contributed by atoms with Crippen molar-refractivity contribution >= 4 is 21.6 Å². The van der Waals surface area contributed by atoms with Gasteiger partial charge >= 0.3 is 6.09 Å². The fourth-order valence-electron chi connectivity index (χ4n) is 4.05. The Morgan fingerprint density at radius 1 is 1.09 bits per heavy atom. The lowest BCUT2D eigenvalue weighted by atomic mass is 10.1. The number of carbonyl (C=O) groups excluding carboxylic acids is 1. The van der Waals surface area contributed by atoms with Gasteiger partial charge in [-0.15, -0.1) is 0 Å². The SMILES string of the molecule is Cc1c(-c2ccc(S(C)(=O)=O)cc2)nn(CC(C)C)c(=O)c1N1CCN(C(=O)OC(C)(C)C)CC1. The fraction of sp³-hybridized carbons (Fsp3) is 0.560. The second-order valence-corrected chi connectivity index (χ2v) is 12.5. The van der Waals surface area contributed by atoms with E-state index in [1.807, 2.05) is 46.4 Å². The first-order valence-corrected chi connectivity index (χ1v) is 13.7. The zero-order chi connectivity index (χ0) is 26.1. The summed E-state index contributed by atoms with van der Waals surface area (Å²) >= 11 is 0. The summed E-state index contributed by atoms with van der Waals surface area (Å²) in [4.78, 5) is 29.8. The van der Waals surface area contributed by atoms with Crippen molar-refractivity contribution in [2.24, 2.45) is 5.92 Å². The number of anilines is 1. The van der Waals surface area contributed by atoms with Crippen molar-refractivity contribution in [2.75, 3.05) is 37.3 Å². The van der Waals surface area contributed by atoms with Gasteiger partial charge in [0.2, 0.25) is 0 Å². The molecule has 0 bridgehead atoms. The molecule has 1 aromatic carbocycles. The second kappa shape index (κ2) is 10.0. The van der Waals surface area contributed by atoms with Crippen molar-refractivity contribution in [1.29, 1.82) is 0 Å². The average molecular weight is 505 g/mol. The number of rotatable bonds is 5. The van der Waals surface area contributed by atoms with Gasteiger partial charge in [0.25, 0.3) is 5.56 Å². The Morgan fingerprint density at radius 3 is 2.14 bits per heavy atom. The molecular formula is C25H36N4O5S. The van der Waals surface area contributed by atoms with Crippen LogP contribution in [0.5, 0.6) is 0 Å². The molecule has 1 amide bonds. The molecule has 1 aliphatic heterocycles. The van der Waals surface area contributed by atoms with Crippen molar-refractivity contribution in [1.82, 2.24) is 14.7 Å². The summed E-state index contributed by atoms with van der Waals surface area (Å²) in [6.45, 7) is 13.7. The molecule has 0 atom stereocenters. The molecule has 10 heteroatoms. The maximum Gasteiger partial charge on any atom is 0.410 e. The van der Waals surface area contributed by atoms with E-state index in [-0.39, 0.29) is 22.5 Å². The molecule has 2 aromatic rings. The molecule has 0 N–H and O–H groups in total. The maximum atomic E-state index is 13.5. The van der Waals surface area contributed by atoms with Crippen LogP contribution in [-0.2, 0) is 21.1 Å². The normalized spacial score (nSPS) is 15.0. The van der Waals surface area contributed by atoms with Gasteiger partial charge in [0, 0.05) is 50.1 Å². The maximum absolute atomic E-state index is 13.5. The highest BCUT2D eigenvalue weighted by Gasteiger charge is 2.29. The molecule has 1 aromatic heterocycles. The van der Waals surface area contributed by atoms with Gasteiger partial charge in [-0.3, -0.25) is 4.79 Å². The fourth-order valence-corrected chi connectivity index (χ4v) is 4.68. The summed E-state index contributed by atoms with van der Waals surface area (Å²) in [5.74, 6) is 0.209. The minimum atomic E-state index is -3.32. The third kappa shape index (κ3) is 6.42. The van der Waals surface area contributed by atoms with Crippen molar-refractivity contribution < 1.29 is 17.9 Å². The lowest BCUT2D eigenvalue weighted by Gasteiger charge is -2.37. The minimum Gasteiger partial charge on any atom is -0.444 e. The van der Waals surface area contributed by atoms with E-state index < -0.39 is 15.4 Å². The summed E-state index contributed by atoms with van der Waals surface area (Å²) in [7, 11) is -3.32. The molecule has 35 heavy (non-hydrogen) atoms. The second-order valence-electron chi connectivity index (χ2n) is 10.5. The van der Waals surface area contributed by atoms with E-state index in [0.717, 1.165) is 11.1 Å². The predicted molar refractivity (Wildman–Crippen MR) is 137 cm³/mol. The molecule has 1 fully saturated rings. The number of aromatic nitrogens is 2. The number of benzene rings is 1. The van der Waals surface area contributed by atoms with Crippen LogP contribution in [0.3, 0.4) is 0 Å². The number of carbonyl (C=O) groups is 1. The van der Waals surface area contributed by atoms with Crippen molar-refractivity contribution in [3.8, 4) is 11.3 Å². The highest BCUT2D eigenvalue weighted by atomic mass is 32.2. The Morgan fingerprint density at radius 2 is 1.66 bits per heavy atom. The van der Waals surface area contributed by atoms with Gasteiger partial charge in [0.15, 0.2) is 9.84 Å². The van der Waals surface area contributed by atoms with E-state index >= 15 is 0 Å². The molecule has 2 heterocycles. The first-order chi connectivity index (χ1) is 16.2. The van der Waals surface area contributed by atoms with E-state index in [1.54, 1.807) is 29.2 Å². The molecule has 1 saturated heterocycles. The first-order valence-electron chi connectivity index (χ1n) is 11.8. The number of nitrogens with zero attached hydrogens (tertiary/aromatic N) is 4. The average Bonchev–Trinajstić information content (AvgIpc) is 2.74. The standard InChI is InChI=1S/C25H36N4O5S/c1-17(2)16-29-23(30)22(27-12-14-28(15-13-27)24(31)34-25(4,5)6)18(3)21(26-29)19-8-10-20(11-9-19)35(7,32)33/h8-11,17H,12-16H2,1-7H3. The van der Waals surface area contributed by atoms with E-state index in [4.69, 9.17) is 4.74 Å². The van der Waals surface area contributed by atoms with Crippen LogP contribution in [0.4, 0.5) is 10.5 Å². The van der Waals surface area contributed by atoms with E-state index in [2.05, 4.69) is 5.10 Å². The van der Waals surface area contributed by atoms with Crippen LogP contribution in [0.15, 0.2) is 34.0 Å². The molecule has 0 radical (unpaired) electrons. The van der Waals surface area contributed by atoms with E-state index in [1.165, 1.54) is 10.9 Å². The Bertz CT molecular complexity index is 1240. The summed E-state index contributed by atoms with van der Waals surface area (Å²) in [5.41, 5.74) is 1.93. The zero-order valence-electron chi connectivity index (χ0n) is 21.7. The lowest BCUT2D eigenvalue weighted by Crippen LogP contribution is -2.51. The van der Waals surface area contributed by atoms with Crippen LogP contribution in [0.2, 0.25) is 0 Å². The highest BCUT2D eigenvalue weighted by molar-refractivity contribution is 7.90. The quantitative estimate of drug-likeness (QED) is 0.615. The van der Waals surface area contributed by atoms with Crippen LogP contribution in [0, 0.1) is 12.8 Å². The monoisotopic (exact) mass is 504 g/mol. The smallest absolute Gasteiger partial charge is 0.410 e. The van der Waals surface area contributed by atoms with Crippen molar-refractivity contribution in [3.63, 3.8) is 0 Å². The highest BCUT2D eigenvalue weighted by Crippen LogP contribution is 2.28. The van der Waals surface area contributed by atoms with Gasteiger partial charge in [-0.25, -0.2) is 17.9 Å². The summed E-state index contributed by atoms with van der Waals surface area (Å²) in [5, 5.41) is 4.66. The topological polar surface area (TPSA) is 102 Å². The summed E-state index contributed by atoms with van der Waals surface area (Å²) in [6, 6.07) is 6.56. The lowest BCUT2D eigenvalue weighted by molar-refractivity contribution is 0.0240. The van der Waals surface area contributed by atoms with Crippen LogP contribution < -0.4 is 10.5 Å². The number of hydrogen-bond acceptors (Lipinski definition) is 7. The number of amides is 1. The number of sulfone groups is 1. The molecule has 0 unspecified atom stereocenters. The molecule has 3 rings (SSSR count). The molecule has 0 aliphatic carbocycles. The Hall–Kier alpha value is -2.88. The minimum absolute atomic E-state index is 0.168. The van der Waals surface area contributed by atoms with Crippen LogP contribution >= 0.6 is 0 Å². The van der Waals surface area contributed by atoms with Gasteiger partial charge < -0.3 is 14.5 Å². The molecule has 192 valence electrons. The Kier molecular flexibility index (Phi) is 7.64. The Labute approximate surface area is 207 Å². The Balaban J connectivity index is 1.97. The summed E-state index contributed by atoms with van der Waals surface area (Å²) < 4.78 is 30.7. The van der Waals surface area contributed by atoms with Crippen LogP contribution in [0.25, 0.3) is 11.3 Å². The van der Waals surface area contributed by atoms with Gasteiger partial charge in [-0.2, -0.15) is 5.10 Å². The van der Waals surface area contributed by atoms with Crippen LogP contribution in [0.1, 0.15) is 40.2 Å². The number of piperazine rings is 1. The largest absolute Gasteiger partial charge is 0.444 e. The van der Waals surface area contributed by atoms with Gasteiger partial charge in [-0.05, 0) is 45.7 Å². The third-order valence-electron chi connectivity index (χ3n) is 5.71. The number of hydrogen-bond donors (Lipinski definition) is 0. The molecule has 0 spiro atoms. The molecule has 1 aliphatic rings. The van der Waals surface area contributed by atoms with Gasteiger partial charge in [0.05, 0.1) is 10.6 Å². The van der Waals surface area contributed by atoms with E-state index in [9.17, 15) is 18.0 Å². The van der Waals surface area contributed by atoms with Crippen molar-refractivity contribution in [3.05, 3.63) is 40.2 Å². The van der Waals surface area contributed by atoms with Gasteiger partial charge in [0.1, 0.15) is 11.3 Å². The predicted octanol–water partition coefficient (Wildman–Crippen LogP) is 3.34. The molecule has 0 saturated carbocycles. The molecular weight excluding hydrogens is 468 g/mol. The van der Waals surface area contributed by atoms with Gasteiger partial charge in [-0.1, -0.05) is 26.0 Å². The number of ether oxygens (including phenoxy) is 1. The van der Waals surface area contributed by atoms with Crippen LogP contribution in [-0.4, -0.2) is 67.2 Å². The summed E-state index contributed by atoms with van der Waals surface area (Å²) in [6.07, 6.45) is 0.816. The van der Waals surface area contributed by atoms with Crippen molar-refractivity contribution in [2.45, 2.75) is 58.6 Å². The van der Waals surface area contributed by atoms with E-state index in [0.29, 0.717) is 44.1 Å². The molecule has 9 nitrogen and oxygen atoms in total. The third-order valence-corrected chi connectivity index (χ3v) is 6.84. The first kappa shape index (κ1) is 26.7. The zero-order valence-corrected chi connectivity index (χ0v) is 22.5.